The third kappa shape index (κ3) is 3.45. The fraction of sp³-hybridized carbons (Fsp3) is 0.571. The van der Waals surface area contributed by atoms with Gasteiger partial charge in [-0.05, 0) is 49.1 Å². The molecule has 0 saturated carbocycles. The minimum Gasteiger partial charge on any atom is -0.399 e. The first-order valence-electron chi connectivity index (χ1n) is 6.61. The summed E-state index contributed by atoms with van der Waals surface area (Å²) in [5.41, 5.74) is 9.41. The number of aryl methyl sites for hydroxylation is 1. The predicted octanol–water partition coefficient (Wildman–Crippen LogP) is 1.24. The van der Waals surface area contributed by atoms with Crippen LogP contribution in [-0.4, -0.2) is 31.5 Å². The van der Waals surface area contributed by atoms with Gasteiger partial charge < -0.3 is 20.9 Å². The van der Waals surface area contributed by atoms with Crippen LogP contribution in [0.3, 0.4) is 0 Å². The molecule has 0 aliphatic heterocycles. The molecule has 1 aliphatic rings. The second-order valence-electron chi connectivity index (χ2n) is 4.69. The van der Waals surface area contributed by atoms with Gasteiger partial charge in [0.1, 0.15) is 0 Å². The Kier molecular flexibility index (Phi) is 4.99. The molecule has 0 spiro atoms. The van der Waals surface area contributed by atoms with Gasteiger partial charge in [-0.25, -0.2) is 0 Å². The van der Waals surface area contributed by atoms with E-state index in [2.05, 4.69) is 17.4 Å². The van der Waals surface area contributed by atoms with Gasteiger partial charge in [0.15, 0.2) is 0 Å². The number of anilines is 1. The largest absolute Gasteiger partial charge is 0.399 e. The van der Waals surface area contributed by atoms with Crippen LogP contribution in [0, 0.1) is 0 Å². The Morgan fingerprint density at radius 1 is 1.39 bits per heavy atom. The lowest BCUT2D eigenvalue weighted by molar-refractivity contribution is 0.0904. The van der Waals surface area contributed by atoms with Gasteiger partial charge in [0.2, 0.25) is 0 Å². The van der Waals surface area contributed by atoms with Crippen molar-refractivity contribution in [2.24, 2.45) is 0 Å². The maximum Gasteiger partial charge on any atom is 0.0697 e. The Hall–Kier alpha value is -1.10. The first-order chi connectivity index (χ1) is 8.81. The maximum absolute atomic E-state index is 8.58. The Labute approximate surface area is 108 Å². The number of benzene rings is 1. The smallest absolute Gasteiger partial charge is 0.0697 e. The summed E-state index contributed by atoms with van der Waals surface area (Å²) in [6, 6.07) is 6.65. The highest BCUT2D eigenvalue weighted by Gasteiger charge is 2.21. The minimum absolute atomic E-state index is 0.102. The molecule has 1 unspecified atom stereocenters. The van der Waals surface area contributed by atoms with E-state index in [-0.39, 0.29) is 6.61 Å². The third-order valence-corrected chi connectivity index (χ3v) is 3.34. The summed E-state index contributed by atoms with van der Waals surface area (Å²) in [6.07, 6.45) is 3.23. The molecular weight excluding hydrogens is 228 g/mol. The Morgan fingerprint density at radius 2 is 2.28 bits per heavy atom. The van der Waals surface area contributed by atoms with Gasteiger partial charge in [0.05, 0.1) is 13.2 Å². The number of nitrogen functional groups attached to an aromatic ring is 1. The average molecular weight is 250 g/mol. The summed E-state index contributed by atoms with van der Waals surface area (Å²) >= 11 is 0. The average Bonchev–Trinajstić information content (AvgIpc) is 2.76. The second-order valence-corrected chi connectivity index (χ2v) is 4.69. The third-order valence-electron chi connectivity index (χ3n) is 3.34. The number of nitrogens with two attached hydrogens (primary N) is 1. The molecular formula is C14H22N2O2. The Morgan fingerprint density at radius 3 is 3.11 bits per heavy atom. The fourth-order valence-electron chi connectivity index (χ4n) is 2.47. The summed E-state index contributed by atoms with van der Waals surface area (Å²) in [5, 5.41) is 12.1. The Bertz CT molecular complexity index is 382. The number of ether oxygens (including phenoxy) is 1. The van der Waals surface area contributed by atoms with E-state index in [0.29, 0.717) is 19.3 Å². The number of aliphatic hydroxyl groups excluding tert-OH is 1. The van der Waals surface area contributed by atoms with Crippen LogP contribution >= 0.6 is 0 Å². The van der Waals surface area contributed by atoms with Crippen molar-refractivity contribution in [1.29, 1.82) is 0 Å². The molecule has 2 rings (SSSR count). The minimum atomic E-state index is 0.102. The molecule has 0 heterocycles. The zero-order valence-electron chi connectivity index (χ0n) is 10.7. The lowest BCUT2D eigenvalue weighted by Gasteiger charge is -2.14. The summed E-state index contributed by atoms with van der Waals surface area (Å²) < 4.78 is 5.23. The molecule has 0 bridgehead atoms. The molecule has 0 amide bonds. The highest BCUT2D eigenvalue weighted by atomic mass is 16.5. The van der Waals surface area contributed by atoms with Crippen molar-refractivity contribution >= 4 is 5.69 Å². The van der Waals surface area contributed by atoms with Crippen LogP contribution < -0.4 is 11.1 Å². The second kappa shape index (κ2) is 6.73. The molecule has 4 heteroatoms. The van der Waals surface area contributed by atoms with Crippen LogP contribution in [0.5, 0.6) is 0 Å². The van der Waals surface area contributed by atoms with E-state index < -0.39 is 0 Å². The van der Waals surface area contributed by atoms with Crippen molar-refractivity contribution in [3.05, 3.63) is 29.3 Å². The van der Waals surface area contributed by atoms with Crippen molar-refractivity contribution in [2.45, 2.75) is 25.3 Å². The molecule has 18 heavy (non-hydrogen) atoms. The van der Waals surface area contributed by atoms with Crippen molar-refractivity contribution in [1.82, 2.24) is 5.32 Å². The first kappa shape index (κ1) is 13.3. The highest BCUT2D eigenvalue weighted by Crippen LogP contribution is 2.32. The highest BCUT2D eigenvalue weighted by molar-refractivity contribution is 5.47. The van der Waals surface area contributed by atoms with E-state index in [1.165, 1.54) is 11.1 Å². The molecule has 4 N–H and O–H groups in total. The zero-order valence-corrected chi connectivity index (χ0v) is 10.7. The standard InChI is InChI=1S/C14H22N2O2/c15-12-3-4-13-11(10-12)2-5-14(13)16-6-1-8-18-9-7-17/h3-4,10,14,16-17H,1-2,5-9,15H2. The van der Waals surface area contributed by atoms with Gasteiger partial charge in [-0.15, -0.1) is 0 Å². The first-order valence-corrected chi connectivity index (χ1v) is 6.61. The SMILES string of the molecule is Nc1ccc2c(c1)CCC2NCCCOCCO. The molecule has 1 atom stereocenters. The molecule has 1 aromatic rings. The fourth-order valence-corrected chi connectivity index (χ4v) is 2.47. The Balaban J connectivity index is 1.73. The molecule has 0 aromatic heterocycles. The van der Waals surface area contributed by atoms with Crippen LogP contribution in [0.4, 0.5) is 5.69 Å². The molecule has 100 valence electrons. The van der Waals surface area contributed by atoms with Crippen LogP contribution in [-0.2, 0) is 11.2 Å². The van der Waals surface area contributed by atoms with Gasteiger partial charge in [0, 0.05) is 18.3 Å². The van der Waals surface area contributed by atoms with Crippen molar-refractivity contribution in [3.8, 4) is 0 Å². The summed E-state index contributed by atoms with van der Waals surface area (Å²) in [4.78, 5) is 0. The lowest BCUT2D eigenvalue weighted by atomic mass is 10.1. The zero-order chi connectivity index (χ0) is 12.8. The van der Waals surface area contributed by atoms with Gasteiger partial charge in [-0.1, -0.05) is 6.07 Å². The van der Waals surface area contributed by atoms with E-state index >= 15 is 0 Å². The van der Waals surface area contributed by atoms with E-state index in [4.69, 9.17) is 15.6 Å². The molecule has 1 aliphatic carbocycles. The monoisotopic (exact) mass is 250 g/mol. The molecule has 0 fully saturated rings. The predicted molar refractivity (Wildman–Crippen MR) is 72.4 cm³/mol. The normalized spacial score (nSPS) is 17.9. The van der Waals surface area contributed by atoms with Crippen molar-refractivity contribution in [3.63, 3.8) is 0 Å². The van der Waals surface area contributed by atoms with Gasteiger partial charge >= 0.3 is 0 Å². The van der Waals surface area contributed by atoms with E-state index in [9.17, 15) is 0 Å². The quantitative estimate of drug-likeness (QED) is 0.503. The topological polar surface area (TPSA) is 67.5 Å². The lowest BCUT2D eigenvalue weighted by Crippen LogP contribution is -2.21. The number of aliphatic hydroxyl groups is 1. The number of hydrogen-bond donors (Lipinski definition) is 3. The molecule has 0 radical (unpaired) electrons. The van der Waals surface area contributed by atoms with Crippen LogP contribution in [0.15, 0.2) is 18.2 Å². The number of fused-ring (bicyclic) bond motifs is 1. The number of rotatable bonds is 7. The molecule has 4 nitrogen and oxygen atoms in total. The summed E-state index contributed by atoms with van der Waals surface area (Å²) in [7, 11) is 0. The van der Waals surface area contributed by atoms with Gasteiger partial charge in [0.25, 0.3) is 0 Å². The van der Waals surface area contributed by atoms with Gasteiger partial charge in [-0.2, -0.15) is 0 Å². The van der Waals surface area contributed by atoms with Crippen molar-refractivity contribution in [2.75, 3.05) is 32.1 Å². The molecule has 0 saturated heterocycles. The number of hydrogen-bond acceptors (Lipinski definition) is 4. The van der Waals surface area contributed by atoms with E-state index in [1.807, 2.05) is 6.07 Å². The maximum atomic E-state index is 8.58. The summed E-state index contributed by atoms with van der Waals surface area (Å²) in [6.45, 7) is 2.19. The van der Waals surface area contributed by atoms with Crippen LogP contribution in [0.25, 0.3) is 0 Å². The van der Waals surface area contributed by atoms with Crippen LogP contribution in [0.1, 0.15) is 30.0 Å². The van der Waals surface area contributed by atoms with Crippen molar-refractivity contribution < 1.29 is 9.84 Å². The summed E-state index contributed by atoms with van der Waals surface area (Å²) in [5.74, 6) is 0. The van der Waals surface area contributed by atoms with Gasteiger partial charge in [-0.3, -0.25) is 0 Å². The number of nitrogens with one attached hydrogen (secondary N) is 1. The van der Waals surface area contributed by atoms with E-state index in [0.717, 1.165) is 31.5 Å². The van der Waals surface area contributed by atoms with Crippen LogP contribution in [0.2, 0.25) is 0 Å². The van der Waals surface area contributed by atoms with E-state index in [1.54, 1.807) is 0 Å². The molecule has 1 aromatic carbocycles.